The normalized spacial score (nSPS) is 26.4. The molecule has 4 nitrogen and oxygen atoms in total. The largest absolute Gasteiger partial charge is 0.466 e. The van der Waals surface area contributed by atoms with Crippen LogP contribution < -0.4 is 5.32 Å². The van der Waals surface area contributed by atoms with E-state index in [0.29, 0.717) is 19.7 Å². The maximum Gasteiger partial charge on any atom is 0.313 e. The highest BCUT2D eigenvalue weighted by molar-refractivity contribution is 6.30. The molecule has 1 saturated heterocycles. The fraction of sp³-hybridized carbons (Fsp3) is 0.538. The van der Waals surface area contributed by atoms with Gasteiger partial charge >= 0.3 is 5.97 Å². The summed E-state index contributed by atoms with van der Waals surface area (Å²) in [6.07, 6.45) is 1.39. The molecular formula is C13H16ClFN2O2. The maximum atomic E-state index is 14.0. The Morgan fingerprint density at radius 2 is 2.47 bits per heavy atom. The molecule has 1 aromatic rings. The Labute approximate surface area is 116 Å². The number of ether oxygens (including phenoxy) is 1. The van der Waals surface area contributed by atoms with Gasteiger partial charge in [-0.3, -0.25) is 9.78 Å². The molecule has 0 saturated carbocycles. The second-order valence-electron chi connectivity index (χ2n) is 4.84. The first-order valence-electron chi connectivity index (χ1n) is 6.18. The highest BCUT2D eigenvalue weighted by Crippen LogP contribution is 2.40. The van der Waals surface area contributed by atoms with Crippen LogP contribution in [0.15, 0.2) is 12.3 Å². The van der Waals surface area contributed by atoms with Gasteiger partial charge in [-0.05, 0) is 19.9 Å². The summed E-state index contributed by atoms with van der Waals surface area (Å²) in [7, 11) is 0. The van der Waals surface area contributed by atoms with Crippen LogP contribution in [-0.4, -0.2) is 30.6 Å². The lowest BCUT2D eigenvalue weighted by Crippen LogP contribution is -2.37. The first-order chi connectivity index (χ1) is 8.99. The fourth-order valence-corrected chi connectivity index (χ4v) is 2.56. The lowest BCUT2D eigenvalue weighted by atomic mass is 9.77. The van der Waals surface area contributed by atoms with Crippen LogP contribution >= 0.6 is 11.6 Å². The Morgan fingerprint density at radius 1 is 1.74 bits per heavy atom. The topological polar surface area (TPSA) is 51.2 Å². The first-order valence-corrected chi connectivity index (χ1v) is 6.55. The van der Waals surface area contributed by atoms with E-state index in [9.17, 15) is 9.18 Å². The standard InChI is InChI=1S/C13H16ClFN2O2/c1-3-19-12(18)13(2)7-16-6-9(13)11-10(15)4-8(14)5-17-11/h4-5,9,16H,3,6-7H2,1-2H3. The average Bonchev–Trinajstić information content (AvgIpc) is 2.73. The van der Waals surface area contributed by atoms with E-state index in [4.69, 9.17) is 16.3 Å². The number of nitrogens with zero attached hydrogens (tertiary/aromatic N) is 1. The zero-order valence-electron chi connectivity index (χ0n) is 10.9. The van der Waals surface area contributed by atoms with Crippen molar-refractivity contribution in [1.29, 1.82) is 0 Å². The predicted molar refractivity (Wildman–Crippen MR) is 69.6 cm³/mol. The van der Waals surface area contributed by atoms with E-state index in [-0.39, 0.29) is 22.6 Å². The summed E-state index contributed by atoms with van der Waals surface area (Å²) in [4.78, 5) is 16.1. The molecule has 0 spiro atoms. The molecule has 1 aliphatic rings. The van der Waals surface area contributed by atoms with Gasteiger partial charge in [0.2, 0.25) is 0 Å². The summed E-state index contributed by atoms with van der Waals surface area (Å²) >= 11 is 5.70. The van der Waals surface area contributed by atoms with Crippen LogP contribution in [0, 0.1) is 11.2 Å². The number of rotatable bonds is 3. The molecule has 6 heteroatoms. The van der Waals surface area contributed by atoms with E-state index < -0.39 is 11.2 Å². The van der Waals surface area contributed by atoms with Gasteiger partial charge in [-0.25, -0.2) is 4.39 Å². The summed E-state index contributed by atoms with van der Waals surface area (Å²) in [5.41, 5.74) is -0.553. The predicted octanol–water partition coefficient (Wildman–Crippen LogP) is 2.13. The van der Waals surface area contributed by atoms with Crippen LogP contribution in [0.3, 0.4) is 0 Å². The van der Waals surface area contributed by atoms with Gasteiger partial charge in [0.05, 0.1) is 22.7 Å². The molecule has 0 aromatic carbocycles. The van der Waals surface area contributed by atoms with Crippen molar-refractivity contribution in [2.45, 2.75) is 19.8 Å². The van der Waals surface area contributed by atoms with Crippen molar-refractivity contribution in [2.75, 3.05) is 19.7 Å². The summed E-state index contributed by atoms with van der Waals surface area (Å²) in [5.74, 6) is -1.18. The van der Waals surface area contributed by atoms with Crippen molar-refractivity contribution in [3.8, 4) is 0 Å². The van der Waals surface area contributed by atoms with Gasteiger partial charge in [-0.1, -0.05) is 11.6 Å². The lowest BCUT2D eigenvalue weighted by molar-refractivity contribution is -0.154. The molecule has 2 atom stereocenters. The second-order valence-corrected chi connectivity index (χ2v) is 5.28. The number of pyridine rings is 1. The molecule has 1 fully saturated rings. The van der Waals surface area contributed by atoms with Crippen LogP contribution in [-0.2, 0) is 9.53 Å². The van der Waals surface area contributed by atoms with E-state index in [1.807, 2.05) is 0 Å². The number of carbonyl (C=O) groups is 1. The van der Waals surface area contributed by atoms with Crippen molar-refractivity contribution in [3.63, 3.8) is 0 Å². The van der Waals surface area contributed by atoms with Gasteiger partial charge in [0.1, 0.15) is 5.82 Å². The molecule has 0 bridgehead atoms. The monoisotopic (exact) mass is 286 g/mol. The lowest BCUT2D eigenvalue weighted by Gasteiger charge is -2.27. The molecule has 1 N–H and O–H groups in total. The van der Waals surface area contributed by atoms with Crippen LogP contribution in [0.4, 0.5) is 4.39 Å². The zero-order chi connectivity index (χ0) is 14.0. The molecule has 2 heterocycles. The third kappa shape index (κ3) is 2.58. The van der Waals surface area contributed by atoms with Gasteiger partial charge < -0.3 is 10.1 Å². The van der Waals surface area contributed by atoms with Crippen LogP contribution in [0.2, 0.25) is 5.02 Å². The number of hydrogen-bond donors (Lipinski definition) is 1. The molecule has 0 amide bonds. The van der Waals surface area contributed by atoms with E-state index in [2.05, 4.69) is 10.3 Å². The van der Waals surface area contributed by atoms with Crippen molar-refractivity contribution in [3.05, 3.63) is 28.8 Å². The minimum atomic E-state index is -0.808. The van der Waals surface area contributed by atoms with Gasteiger partial charge in [0.15, 0.2) is 0 Å². The quantitative estimate of drug-likeness (QED) is 0.865. The number of halogens is 2. The van der Waals surface area contributed by atoms with Crippen LogP contribution in [0.25, 0.3) is 0 Å². The summed E-state index contributed by atoms with van der Waals surface area (Å²) in [6, 6.07) is 1.22. The van der Waals surface area contributed by atoms with Gasteiger partial charge in [-0.15, -0.1) is 0 Å². The van der Waals surface area contributed by atoms with E-state index in [1.54, 1.807) is 13.8 Å². The molecule has 1 aliphatic heterocycles. The molecule has 2 unspecified atom stereocenters. The smallest absolute Gasteiger partial charge is 0.313 e. The number of hydrogen-bond acceptors (Lipinski definition) is 4. The number of nitrogens with one attached hydrogen (secondary N) is 1. The third-order valence-corrected chi connectivity index (χ3v) is 3.72. The third-order valence-electron chi connectivity index (χ3n) is 3.52. The Morgan fingerprint density at radius 3 is 3.11 bits per heavy atom. The molecule has 1 aromatic heterocycles. The second kappa shape index (κ2) is 5.43. The molecule has 19 heavy (non-hydrogen) atoms. The first kappa shape index (κ1) is 14.2. The molecule has 2 rings (SSSR count). The summed E-state index contributed by atoms with van der Waals surface area (Å²) in [6.45, 7) is 4.75. The Hall–Kier alpha value is -1.20. The van der Waals surface area contributed by atoms with Crippen molar-refractivity contribution >= 4 is 17.6 Å². The Kier molecular flexibility index (Phi) is 4.06. The fourth-order valence-electron chi connectivity index (χ4n) is 2.42. The Bertz CT molecular complexity index is 498. The molecular weight excluding hydrogens is 271 g/mol. The van der Waals surface area contributed by atoms with Crippen LogP contribution in [0.1, 0.15) is 25.5 Å². The van der Waals surface area contributed by atoms with Gasteiger partial charge in [-0.2, -0.15) is 0 Å². The van der Waals surface area contributed by atoms with Crippen molar-refractivity contribution in [2.24, 2.45) is 5.41 Å². The summed E-state index contributed by atoms with van der Waals surface area (Å²) < 4.78 is 19.1. The average molecular weight is 287 g/mol. The van der Waals surface area contributed by atoms with Gasteiger partial charge in [0.25, 0.3) is 0 Å². The zero-order valence-corrected chi connectivity index (χ0v) is 11.6. The summed E-state index contributed by atoms with van der Waals surface area (Å²) in [5, 5.41) is 3.34. The Balaban J connectivity index is 2.35. The van der Waals surface area contributed by atoms with E-state index >= 15 is 0 Å². The van der Waals surface area contributed by atoms with Gasteiger partial charge in [0, 0.05) is 25.2 Å². The van der Waals surface area contributed by atoms with Crippen LogP contribution in [0.5, 0.6) is 0 Å². The molecule has 104 valence electrons. The van der Waals surface area contributed by atoms with Crippen molar-refractivity contribution < 1.29 is 13.9 Å². The highest BCUT2D eigenvalue weighted by atomic mass is 35.5. The number of carbonyl (C=O) groups excluding carboxylic acids is 1. The van der Waals surface area contributed by atoms with Crippen molar-refractivity contribution in [1.82, 2.24) is 10.3 Å². The number of aromatic nitrogens is 1. The maximum absolute atomic E-state index is 14.0. The van der Waals surface area contributed by atoms with E-state index in [0.717, 1.165) is 0 Å². The number of esters is 1. The highest BCUT2D eigenvalue weighted by Gasteiger charge is 2.48. The minimum Gasteiger partial charge on any atom is -0.466 e. The molecule has 0 aliphatic carbocycles. The SMILES string of the molecule is CCOC(=O)C1(C)CNCC1c1ncc(Cl)cc1F. The minimum absolute atomic E-state index is 0.241. The molecule has 0 radical (unpaired) electrons. The van der Waals surface area contributed by atoms with E-state index in [1.165, 1.54) is 12.3 Å².